The molecule has 0 radical (unpaired) electrons. The van der Waals surface area contributed by atoms with Crippen LogP contribution in [-0.4, -0.2) is 37.7 Å². The molecular formula is C11H12N4O3. The molecule has 0 saturated heterocycles. The Kier molecular flexibility index (Phi) is 3.54. The molecule has 1 aromatic heterocycles. The first kappa shape index (κ1) is 12.1. The second-order valence-corrected chi connectivity index (χ2v) is 3.62. The zero-order valence-corrected chi connectivity index (χ0v) is 9.39. The Labute approximate surface area is 103 Å². The maximum atomic E-state index is 10.6. The summed E-state index contributed by atoms with van der Waals surface area (Å²) < 4.78 is 1.59. The lowest BCUT2D eigenvalue weighted by molar-refractivity contribution is 0.177. The number of aliphatic hydroxyl groups excluding tert-OH is 1. The van der Waals surface area contributed by atoms with Crippen LogP contribution in [0.15, 0.2) is 36.9 Å². The molecular weight excluding hydrogens is 236 g/mol. The maximum absolute atomic E-state index is 10.6. The number of benzene rings is 1. The molecule has 0 unspecified atom stereocenters. The van der Waals surface area contributed by atoms with Crippen LogP contribution in [-0.2, 0) is 0 Å². The molecule has 2 rings (SSSR count). The molecule has 3 N–H and O–H groups in total. The number of amides is 1. The summed E-state index contributed by atoms with van der Waals surface area (Å²) in [5.74, 6) is 0. The zero-order valence-electron chi connectivity index (χ0n) is 9.39. The van der Waals surface area contributed by atoms with E-state index in [1.54, 1.807) is 35.3 Å². The van der Waals surface area contributed by atoms with E-state index in [9.17, 15) is 4.79 Å². The predicted octanol–water partition coefficient (Wildman–Crippen LogP) is 0.568. The number of hydrogen-bond donors (Lipinski definition) is 3. The number of nitrogens with one attached hydrogen (secondary N) is 1. The minimum atomic E-state index is -1.17. The van der Waals surface area contributed by atoms with Crippen LogP contribution in [0.1, 0.15) is 11.6 Å². The molecule has 1 atom stereocenters. The Morgan fingerprint density at radius 1 is 1.39 bits per heavy atom. The van der Waals surface area contributed by atoms with E-state index in [2.05, 4.69) is 15.4 Å². The lowest BCUT2D eigenvalue weighted by Crippen LogP contribution is -2.29. The summed E-state index contributed by atoms with van der Waals surface area (Å²) in [6.07, 6.45) is 1.82. The van der Waals surface area contributed by atoms with E-state index in [1.165, 1.54) is 6.33 Å². The third kappa shape index (κ3) is 2.64. The molecule has 0 aliphatic carbocycles. The van der Waals surface area contributed by atoms with Crippen molar-refractivity contribution in [2.45, 2.75) is 6.04 Å². The van der Waals surface area contributed by atoms with E-state index in [0.717, 1.165) is 5.69 Å². The highest BCUT2D eigenvalue weighted by Gasteiger charge is 2.12. The summed E-state index contributed by atoms with van der Waals surface area (Å²) in [6.45, 7) is -0.297. The molecule has 2 aromatic rings. The molecule has 0 aliphatic rings. The molecule has 94 valence electrons. The van der Waals surface area contributed by atoms with Gasteiger partial charge < -0.3 is 15.5 Å². The molecule has 0 spiro atoms. The smallest absolute Gasteiger partial charge is 0.405 e. The van der Waals surface area contributed by atoms with Gasteiger partial charge >= 0.3 is 6.09 Å². The zero-order chi connectivity index (χ0) is 13.0. The lowest BCUT2D eigenvalue weighted by Gasteiger charge is -2.14. The number of nitrogens with zero attached hydrogens (tertiary/aromatic N) is 3. The normalized spacial score (nSPS) is 12.1. The van der Waals surface area contributed by atoms with Gasteiger partial charge in [0.25, 0.3) is 0 Å². The van der Waals surface area contributed by atoms with Gasteiger partial charge in [-0.1, -0.05) is 12.1 Å². The second kappa shape index (κ2) is 5.28. The molecule has 1 amide bonds. The first-order valence-electron chi connectivity index (χ1n) is 5.26. The number of carboxylic acid groups (broad SMARTS) is 1. The largest absolute Gasteiger partial charge is 0.465 e. The van der Waals surface area contributed by atoms with Gasteiger partial charge in [0.1, 0.15) is 12.7 Å². The van der Waals surface area contributed by atoms with Gasteiger partial charge in [0.05, 0.1) is 18.3 Å². The molecule has 0 aliphatic heterocycles. The van der Waals surface area contributed by atoms with Crippen LogP contribution >= 0.6 is 0 Å². The number of carbonyl (C=O) groups is 1. The molecule has 1 heterocycles. The fourth-order valence-corrected chi connectivity index (χ4v) is 1.58. The van der Waals surface area contributed by atoms with Crippen LogP contribution in [0.5, 0.6) is 0 Å². The van der Waals surface area contributed by atoms with E-state index in [1.807, 2.05) is 0 Å². The molecule has 1 aromatic carbocycles. The highest BCUT2D eigenvalue weighted by Crippen LogP contribution is 2.15. The highest BCUT2D eigenvalue weighted by atomic mass is 16.4. The van der Waals surface area contributed by atoms with Crippen molar-refractivity contribution in [1.29, 1.82) is 0 Å². The first-order valence-corrected chi connectivity index (χ1v) is 5.26. The Morgan fingerprint density at radius 2 is 2.11 bits per heavy atom. The Morgan fingerprint density at radius 3 is 2.61 bits per heavy atom. The Balaban J connectivity index is 2.18. The minimum Gasteiger partial charge on any atom is -0.465 e. The third-order valence-corrected chi connectivity index (χ3v) is 2.46. The summed E-state index contributed by atoms with van der Waals surface area (Å²) >= 11 is 0. The van der Waals surface area contributed by atoms with Crippen LogP contribution in [0, 0.1) is 0 Å². The standard InChI is InChI=1S/C11H12N4O3/c16-5-10(14-11(17)18)8-1-3-9(4-2-8)15-7-12-6-13-15/h1-4,6-7,10,14,16H,5H2,(H,17,18)/t10-/m0/s1. The van der Waals surface area contributed by atoms with Gasteiger partial charge in [0.2, 0.25) is 0 Å². The fraction of sp³-hybridized carbons (Fsp3) is 0.182. The molecule has 0 saturated carbocycles. The number of aliphatic hydroxyl groups is 1. The number of aromatic nitrogens is 3. The Hall–Kier alpha value is -2.41. The van der Waals surface area contributed by atoms with E-state index < -0.39 is 12.1 Å². The fourth-order valence-electron chi connectivity index (χ4n) is 1.58. The molecule has 7 nitrogen and oxygen atoms in total. The van der Waals surface area contributed by atoms with Crippen molar-refractivity contribution in [3.8, 4) is 5.69 Å². The molecule has 0 fully saturated rings. The van der Waals surface area contributed by atoms with Crippen LogP contribution < -0.4 is 5.32 Å². The van der Waals surface area contributed by atoms with E-state index in [4.69, 9.17) is 10.2 Å². The molecule has 7 heteroatoms. The predicted molar refractivity (Wildman–Crippen MR) is 62.3 cm³/mol. The van der Waals surface area contributed by atoms with Crippen molar-refractivity contribution < 1.29 is 15.0 Å². The van der Waals surface area contributed by atoms with E-state index in [-0.39, 0.29) is 6.61 Å². The van der Waals surface area contributed by atoms with Gasteiger partial charge in [0.15, 0.2) is 0 Å². The average Bonchev–Trinajstić information content (AvgIpc) is 2.90. The van der Waals surface area contributed by atoms with Crippen molar-refractivity contribution in [3.05, 3.63) is 42.5 Å². The van der Waals surface area contributed by atoms with Crippen LogP contribution in [0.2, 0.25) is 0 Å². The van der Waals surface area contributed by atoms with Gasteiger partial charge in [-0.2, -0.15) is 5.10 Å². The molecule has 0 bridgehead atoms. The van der Waals surface area contributed by atoms with Crippen LogP contribution in [0.4, 0.5) is 4.79 Å². The summed E-state index contributed by atoms with van der Waals surface area (Å²) in [7, 11) is 0. The monoisotopic (exact) mass is 248 g/mol. The third-order valence-electron chi connectivity index (χ3n) is 2.46. The van der Waals surface area contributed by atoms with Crippen molar-refractivity contribution in [1.82, 2.24) is 20.1 Å². The van der Waals surface area contributed by atoms with Gasteiger partial charge in [-0.15, -0.1) is 0 Å². The van der Waals surface area contributed by atoms with E-state index >= 15 is 0 Å². The van der Waals surface area contributed by atoms with Crippen molar-refractivity contribution in [3.63, 3.8) is 0 Å². The number of hydrogen-bond acceptors (Lipinski definition) is 4. The van der Waals surface area contributed by atoms with Crippen molar-refractivity contribution >= 4 is 6.09 Å². The molecule has 18 heavy (non-hydrogen) atoms. The van der Waals surface area contributed by atoms with Gasteiger partial charge in [-0.3, -0.25) is 0 Å². The van der Waals surface area contributed by atoms with Crippen LogP contribution in [0.3, 0.4) is 0 Å². The summed E-state index contributed by atoms with van der Waals surface area (Å²) in [4.78, 5) is 14.4. The average molecular weight is 248 g/mol. The lowest BCUT2D eigenvalue weighted by atomic mass is 10.1. The van der Waals surface area contributed by atoms with Crippen molar-refractivity contribution in [2.75, 3.05) is 6.61 Å². The summed E-state index contributed by atoms with van der Waals surface area (Å²) in [6, 6.07) is 6.38. The first-order chi connectivity index (χ1) is 8.70. The van der Waals surface area contributed by atoms with Gasteiger partial charge in [-0.25, -0.2) is 14.5 Å². The Bertz CT molecular complexity index is 510. The second-order valence-electron chi connectivity index (χ2n) is 3.62. The SMILES string of the molecule is O=C(O)N[C@@H](CO)c1ccc(-n2cncn2)cc1. The summed E-state index contributed by atoms with van der Waals surface area (Å²) in [5.41, 5.74) is 1.49. The van der Waals surface area contributed by atoms with Crippen LogP contribution in [0.25, 0.3) is 5.69 Å². The number of rotatable bonds is 4. The summed E-state index contributed by atoms with van der Waals surface area (Å²) in [5, 5.41) is 24.0. The quantitative estimate of drug-likeness (QED) is 0.734. The highest BCUT2D eigenvalue weighted by molar-refractivity contribution is 5.65. The van der Waals surface area contributed by atoms with Gasteiger partial charge in [0, 0.05) is 0 Å². The van der Waals surface area contributed by atoms with Gasteiger partial charge in [-0.05, 0) is 17.7 Å². The van der Waals surface area contributed by atoms with Crippen molar-refractivity contribution in [2.24, 2.45) is 0 Å². The maximum Gasteiger partial charge on any atom is 0.405 e. The topological polar surface area (TPSA) is 100 Å². The minimum absolute atomic E-state index is 0.297. The van der Waals surface area contributed by atoms with E-state index in [0.29, 0.717) is 5.56 Å².